The summed E-state index contributed by atoms with van der Waals surface area (Å²) in [6.07, 6.45) is 7.04. The van der Waals surface area contributed by atoms with Crippen LogP contribution in [0.3, 0.4) is 0 Å². The molecule has 120 valence electrons. The molecule has 0 aliphatic heterocycles. The van der Waals surface area contributed by atoms with Crippen LogP contribution in [0.2, 0.25) is 0 Å². The van der Waals surface area contributed by atoms with Crippen LogP contribution in [0.4, 0.5) is 0 Å². The standard InChI is InChI=1S/C24H19N/c1-2-6-19(7-3-1)10-11-20-12-14-21(15-13-20)18-24-23-9-5-4-8-22(23)16-17-25-24/h1-17H,18H2. The normalized spacial score (nSPS) is 11.2. The average molecular weight is 321 g/mol. The third-order valence-corrected chi connectivity index (χ3v) is 4.38. The van der Waals surface area contributed by atoms with Gasteiger partial charge in [-0.25, -0.2) is 0 Å². The SMILES string of the molecule is C(=Cc1ccc(Cc2nccc3ccccc23)cc1)c1ccccc1. The molecule has 1 nitrogen and oxygen atoms in total. The second-order valence-electron chi connectivity index (χ2n) is 6.14. The zero-order chi connectivity index (χ0) is 16.9. The monoisotopic (exact) mass is 321 g/mol. The van der Waals surface area contributed by atoms with Crippen molar-refractivity contribution in [2.75, 3.05) is 0 Å². The van der Waals surface area contributed by atoms with Crippen LogP contribution in [0.1, 0.15) is 22.4 Å². The van der Waals surface area contributed by atoms with Gasteiger partial charge in [-0.3, -0.25) is 4.98 Å². The highest BCUT2D eigenvalue weighted by molar-refractivity contribution is 5.84. The number of hydrogen-bond acceptors (Lipinski definition) is 1. The fourth-order valence-corrected chi connectivity index (χ4v) is 3.02. The van der Waals surface area contributed by atoms with Crippen molar-refractivity contribution in [3.8, 4) is 0 Å². The molecule has 1 aromatic heterocycles. The van der Waals surface area contributed by atoms with Gasteiger partial charge >= 0.3 is 0 Å². The molecule has 4 aromatic rings. The van der Waals surface area contributed by atoms with Gasteiger partial charge in [0, 0.05) is 18.0 Å². The van der Waals surface area contributed by atoms with E-state index in [1.165, 1.54) is 27.5 Å². The number of nitrogens with zero attached hydrogens (tertiary/aromatic N) is 1. The average Bonchev–Trinajstić information content (AvgIpc) is 2.69. The molecule has 0 spiro atoms. The van der Waals surface area contributed by atoms with E-state index in [-0.39, 0.29) is 0 Å². The summed E-state index contributed by atoms with van der Waals surface area (Å²) >= 11 is 0. The van der Waals surface area contributed by atoms with Crippen LogP contribution < -0.4 is 0 Å². The summed E-state index contributed by atoms with van der Waals surface area (Å²) in [7, 11) is 0. The molecule has 0 atom stereocenters. The molecule has 1 heterocycles. The Morgan fingerprint density at radius 1 is 0.640 bits per heavy atom. The smallest absolute Gasteiger partial charge is 0.0525 e. The van der Waals surface area contributed by atoms with Crippen LogP contribution in [0.5, 0.6) is 0 Å². The topological polar surface area (TPSA) is 12.9 Å². The summed E-state index contributed by atoms with van der Waals surface area (Å²) in [5, 5.41) is 2.48. The molecule has 25 heavy (non-hydrogen) atoms. The van der Waals surface area contributed by atoms with Crippen LogP contribution in [0.25, 0.3) is 22.9 Å². The quantitative estimate of drug-likeness (QED) is 0.420. The summed E-state index contributed by atoms with van der Waals surface area (Å²) in [5.74, 6) is 0. The van der Waals surface area contributed by atoms with E-state index in [1.54, 1.807) is 0 Å². The molecule has 1 heteroatoms. The summed E-state index contributed by atoms with van der Waals surface area (Å²) in [5.41, 5.74) is 4.83. The number of aromatic nitrogens is 1. The molecular formula is C24H19N. The van der Waals surface area contributed by atoms with E-state index in [9.17, 15) is 0 Å². The lowest BCUT2D eigenvalue weighted by Gasteiger charge is -2.06. The maximum Gasteiger partial charge on any atom is 0.0525 e. The van der Waals surface area contributed by atoms with E-state index < -0.39 is 0 Å². The fraction of sp³-hybridized carbons (Fsp3) is 0.0417. The number of pyridine rings is 1. The predicted molar refractivity (Wildman–Crippen MR) is 106 cm³/mol. The summed E-state index contributed by atoms with van der Waals surface area (Å²) in [6.45, 7) is 0. The van der Waals surface area contributed by atoms with Crippen molar-refractivity contribution >= 4 is 22.9 Å². The van der Waals surface area contributed by atoms with Gasteiger partial charge in [0.05, 0.1) is 5.69 Å². The molecule has 4 rings (SSSR count). The molecule has 0 fully saturated rings. The number of benzene rings is 3. The third kappa shape index (κ3) is 3.67. The van der Waals surface area contributed by atoms with Crippen LogP contribution in [-0.2, 0) is 6.42 Å². The predicted octanol–water partition coefficient (Wildman–Crippen LogP) is 6.00. The molecule has 0 amide bonds. The van der Waals surface area contributed by atoms with Gasteiger partial charge < -0.3 is 0 Å². The zero-order valence-electron chi connectivity index (χ0n) is 14.0. The first-order chi connectivity index (χ1) is 12.4. The van der Waals surface area contributed by atoms with Crippen molar-refractivity contribution in [1.29, 1.82) is 0 Å². The number of hydrogen-bond donors (Lipinski definition) is 0. The Morgan fingerprint density at radius 2 is 1.32 bits per heavy atom. The second-order valence-corrected chi connectivity index (χ2v) is 6.14. The lowest BCUT2D eigenvalue weighted by molar-refractivity contribution is 1.10. The first-order valence-electron chi connectivity index (χ1n) is 8.53. The van der Waals surface area contributed by atoms with Gasteiger partial charge in [-0.1, -0.05) is 91.0 Å². The zero-order valence-corrected chi connectivity index (χ0v) is 14.0. The minimum atomic E-state index is 0.851. The molecule has 0 unspecified atom stereocenters. The minimum absolute atomic E-state index is 0.851. The van der Waals surface area contributed by atoms with Crippen molar-refractivity contribution in [1.82, 2.24) is 4.98 Å². The van der Waals surface area contributed by atoms with E-state index in [2.05, 4.69) is 96.0 Å². The van der Waals surface area contributed by atoms with Crippen LogP contribution in [0, 0.1) is 0 Å². The third-order valence-electron chi connectivity index (χ3n) is 4.38. The highest BCUT2D eigenvalue weighted by Crippen LogP contribution is 2.19. The first kappa shape index (κ1) is 15.3. The largest absolute Gasteiger partial charge is 0.260 e. The molecule has 0 N–H and O–H groups in total. The Balaban J connectivity index is 1.53. The molecular weight excluding hydrogens is 302 g/mol. The van der Waals surface area contributed by atoms with Crippen molar-refractivity contribution < 1.29 is 0 Å². The van der Waals surface area contributed by atoms with E-state index in [1.807, 2.05) is 12.3 Å². The maximum absolute atomic E-state index is 4.59. The molecule has 0 radical (unpaired) electrons. The van der Waals surface area contributed by atoms with Gasteiger partial charge in [0.1, 0.15) is 0 Å². The highest BCUT2D eigenvalue weighted by atomic mass is 14.7. The van der Waals surface area contributed by atoms with Gasteiger partial charge in [-0.15, -0.1) is 0 Å². The molecule has 3 aromatic carbocycles. The molecule has 0 bridgehead atoms. The Labute approximate surface area is 148 Å². The van der Waals surface area contributed by atoms with E-state index in [0.717, 1.165) is 12.1 Å². The summed E-state index contributed by atoms with van der Waals surface area (Å²) < 4.78 is 0. The molecule has 0 aliphatic rings. The van der Waals surface area contributed by atoms with Gasteiger partial charge in [-0.2, -0.15) is 0 Å². The Bertz CT molecular complexity index is 994. The lowest BCUT2D eigenvalue weighted by atomic mass is 10.0. The molecule has 0 saturated carbocycles. The van der Waals surface area contributed by atoms with Gasteiger partial charge in [-0.05, 0) is 28.1 Å². The molecule has 0 aliphatic carbocycles. The van der Waals surface area contributed by atoms with Crippen molar-refractivity contribution in [3.05, 3.63) is 114 Å². The van der Waals surface area contributed by atoms with Crippen LogP contribution in [0.15, 0.2) is 91.1 Å². The van der Waals surface area contributed by atoms with Crippen molar-refractivity contribution in [2.24, 2.45) is 0 Å². The van der Waals surface area contributed by atoms with Gasteiger partial charge in [0.25, 0.3) is 0 Å². The first-order valence-corrected chi connectivity index (χ1v) is 8.53. The highest BCUT2D eigenvalue weighted by Gasteiger charge is 2.03. The Hall–Kier alpha value is -3.19. The van der Waals surface area contributed by atoms with Crippen molar-refractivity contribution in [2.45, 2.75) is 6.42 Å². The van der Waals surface area contributed by atoms with E-state index in [0.29, 0.717) is 0 Å². The molecule has 0 saturated heterocycles. The van der Waals surface area contributed by atoms with E-state index in [4.69, 9.17) is 0 Å². The van der Waals surface area contributed by atoms with Crippen molar-refractivity contribution in [3.63, 3.8) is 0 Å². The van der Waals surface area contributed by atoms with Gasteiger partial charge in [0.2, 0.25) is 0 Å². The number of rotatable bonds is 4. The fourth-order valence-electron chi connectivity index (χ4n) is 3.02. The maximum atomic E-state index is 4.59. The van der Waals surface area contributed by atoms with Gasteiger partial charge in [0.15, 0.2) is 0 Å². The Morgan fingerprint density at radius 3 is 2.12 bits per heavy atom. The van der Waals surface area contributed by atoms with Crippen LogP contribution in [-0.4, -0.2) is 4.98 Å². The second kappa shape index (κ2) is 7.14. The summed E-state index contributed by atoms with van der Waals surface area (Å²) in [4.78, 5) is 4.59. The Kier molecular flexibility index (Phi) is 4.38. The summed E-state index contributed by atoms with van der Waals surface area (Å²) in [6, 6.07) is 29.6. The van der Waals surface area contributed by atoms with E-state index >= 15 is 0 Å². The lowest BCUT2D eigenvalue weighted by Crippen LogP contribution is -1.93. The number of fused-ring (bicyclic) bond motifs is 1. The minimum Gasteiger partial charge on any atom is -0.260 e. The van der Waals surface area contributed by atoms with Crippen LogP contribution >= 0.6 is 0 Å².